The van der Waals surface area contributed by atoms with Gasteiger partial charge in [-0.15, -0.1) is 10.2 Å². The summed E-state index contributed by atoms with van der Waals surface area (Å²) in [7, 11) is 3.59. The molecule has 1 fully saturated rings. The molecule has 1 saturated heterocycles. The Kier molecular flexibility index (Phi) is 8.74. The van der Waals surface area contributed by atoms with Gasteiger partial charge < -0.3 is 24.7 Å². The normalized spacial score (nSPS) is 16.3. The summed E-state index contributed by atoms with van der Waals surface area (Å²) in [5.41, 5.74) is 1.05. The molecule has 31 heavy (non-hydrogen) atoms. The van der Waals surface area contributed by atoms with Crippen molar-refractivity contribution in [2.45, 2.75) is 19.5 Å². The van der Waals surface area contributed by atoms with Crippen molar-refractivity contribution < 1.29 is 13.9 Å². The molecule has 0 saturated carbocycles. The van der Waals surface area contributed by atoms with Crippen molar-refractivity contribution in [3.05, 3.63) is 47.3 Å². The number of aliphatic imine (C=N–C) groups is 1. The molecule has 1 unspecified atom stereocenters. The highest BCUT2D eigenvalue weighted by atomic mass is 19.1. The molecule has 170 valence electrons. The van der Waals surface area contributed by atoms with Crippen molar-refractivity contribution in [1.82, 2.24) is 30.3 Å². The Balaban J connectivity index is 1.72. The molecule has 0 bridgehead atoms. The van der Waals surface area contributed by atoms with Crippen LogP contribution in [-0.2, 0) is 23.1 Å². The van der Waals surface area contributed by atoms with Crippen LogP contribution >= 0.6 is 0 Å². The summed E-state index contributed by atoms with van der Waals surface area (Å²) in [4.78, 5) is 7.03. The van der Waals surface area contributed by atoms with E-state index in [2.05, 4.69) is 30.7 Å². The Morgan fingerprint density at radius 3 is 2.61 bits per heavy atom. The number of nitrogens with one attached hydrogen (secondary N) is 2. The van der Waals surface area contributed by atoms with Crippen LogP contribution in [0.2, 0.25) is 0 Å². The molecule has 2 N–H and O–H groups in total. The number of benzene rings is 1. The molecule has 0 amide bonds. The molecule has 1 aliphatic heterocycles. The number of ether oxygens (including phenoxy) is 2. The molecule has 0 aliphatic carbocycles. The third-order valence-corrected chi connectivity index (χ3v) is 5.36. The van der Waals surface area contributed by atoms with Crippen molar-refractivity contribution in [2.24, 2.45) is 12.0 Å². The quantitative estimate of drug-likeness (QED) is 0.347. The number of morpholine rings is 1. The van der Waals surface area contributed by atoms with Crippen LogP contribution in [-0.4, -0.2) is 78.7 Å². The number of guanidine groups is 1. The first-order chi connectivity index (χ1) is 15.1. The van der Waals surface area contributed by atoms with Crippen molar-refractivity contribution in [3.8, 4) is 0 Å². The van der Waals surface area contributed by atoms with Gasteiger partial charge in [-0.1, -0.05) is 12.1 Å². The number of rotatable bonds is 9. The Hall–Kier alpha value is -2.56. The van der Waals surface area contributed by atoms with Gasteiger partial charge in [0.2, 0.25) is 0 Å². The first-order valence-electron chi connectivity index (χ1n) is 10.5. The van der Waals surface area contributed by atoms with Gasteiger partial charge in [0.25, 0.3) is 0 Å². The fourth-order valence-corrected chi connectivity index (χ4v) is 3.41. The summed E-state index contributed by atoms with van der Waals surface area (Å²) in [6.45, 7) is 7.14. The molecule has 2 heterocycles. The van der Waals surface area contributed by atoms with Crippen molar-refractivity contribution in [3.63, 3.8) is 0 Å². The highest BCUT2D eigenvalue weighted by molar-refractivity contribution is 5.79. The van der Waals surface area contributed by atoms with E-state index < -0.39 is 0 Å². The van der Waals surface area contributed by atoms with Crippen LogP contribution in [0, 0.1) is 12.7 Å². The zero-order chi connectivity index (χ0) is 22.1. The van der Waals surface area contributed by atoms with Gasteiger partial charge in [0.05, 0.1) is 25.9 Å². The topological polar surface area (TPSA) is 88.8 Å². The second-order valence-electron chi connectivity index (χ2n) is 7.40. The van der Waals surface area contributed by atoms with Crippen LogP contribution in [0.5, 0.6) is 0 Å². The van der Waals surface area contributed by atoms with Gasteiger partial charge in [0.15, 0.2) is 11.8 Å². The summed E-state index contributed by atoms with van der Waals surface area (Å²) >= 11 is 0. The van der Waals surface area contributed by atoms with Crippen molar-refractivity contribution in [2.75, 3.05) is 53.1 Å². The number of aryl methyl sites for hydroxylation is 1. The lowest BCUT2D eigenvalue weighted by Crippen LogP contribution is -2.46. The summed E-state index contributed by atoms with van der Waals surface area (Å²) in [5, 5.41) is 15.0. The van der Waals surface area contributed by atoms with E-state index in [1.54, 1.807) is 7.11 Å². The van der Waals surface area contributed by atoms with Crippen molar-refractivity contribution in [1.29, 1.82) is 0 Å². The van der Waals surface area contributed by atoms with E-state index in [0.29, 0.717) is 45.4 Å². The minimum absolute atomic E-state index is 0.0657. The van der Waals surface area contributed by atoms with Gasteiger partial charge in [-0.3, -0.25) is 4.90 Å². The zero-order valence-corrected chi connectivity index (χ0v) is 18.5. The van der Waals surface area contributed by atoms with Gasteiger partial charge in [-0.05, 0) is 24.6 Å². The Morgan fingerprint density at radius 1 is 1.23 bits per heavy atom. The summed E-state index contributed by atoms with van der Waals surface area (Å²) in [6.07, 6.45) is 0. The maximum Gasteiger partial charge on any atom is 0.191 e. The molecule has 1 atom stereocenters. The highest BCUT2D eigenvalue weighted by Gasteiger charge is 2.23. The fraction of sp³-hybridized carbons (Fsp3) is 0.571. The number of hydrogen-bond donors (Lipinski definition) is 2. The van der Waals surface area contributed by atoms with Crippen LogP contribution in [0.3, 0.4) is 0 Å². The fourth-order valence-electron chi connectivity index (χ4n) is 3.41. The largest absolute Gasteiger partial charge is 0.383 e. The number of nitrogens with zero attached hydrogens (tertiary/aromatic N) is 5. The van der Waals surface area contributed by atoms with E-state index in [-0.39, 0.29) is 11.9 Å². The molecule has 2 aromatic rings. The molecule has 10 heteroatoms. The SMILES string of the molecule is COCCNC(=NCc1nnc(C)n1C)NCC(c1ccc(F)cc1)N1CCOCC1. The molecule has 3 rings (SSSR count). The van der Waals surface area contributed by atoms with E-state index >= 15 is 0 Å². The highest BCUT2D eigenvalue weighted by Crippen LogP contribution is 2.21. The van der Waals surface area contributed by atoms with Crippen LogP contribution in [0.4, 0.5) is 4.39 Å². The van der Waals surface area contributed by atoms with Crippen LogP contribution in [0.1, 0.15) is 23.3 Å². The molecule has 9 nitrogen and oxygen atoms in total. The van der Waals surface area contributed by atoms with Gasteiger partial charge in [0.1, 0.15) is 18.2 Å². The predicted octanol–water partition coefficient (Wildman–Crippen LogP) is 1.02. The molecule has 0 spiro atoms. The third-order valence-electron chi connectivity index (χ3n) is 5.36. The van der Waals surface area contributed by atoms with Crippen LogP contribution in [0.25, 0.3) is 0 Å². The summed E-state index contributed by atoms with van der Waals surface area (Å²) in [5.74, 6) is 2.06. The van der Waals surface area contributed by atoms with E-state index in [1.165, 1.54) is 12.1 Å². The van der Waals surface area contributed by atoms with E-state index in [0.717, 1.165) is 30.3 Å². The predicted molar refractivity (Wildman–Crippen MR) is 116 cm³/mol. The van der Waals surface area contributed by atoms with E-state index in [4.69, 9.17) is 9.47 Å². The number of methoxy groups -OCH3 is 1. The maximum absolute atomic E-state index is 13.5. The maximum atomic E-state index is 13.5. The van der Waals surface area contributed by atoms with Crippen LogP contribution < -0.4 is 10.6 Å². The van der Waals surface area contributed by atoms with E-state index in [9.17, 15) is 4.39 Å². The Bertz CT molecular complexity index is 835. The van der Waals surface area contributed by atoms with E-state index in [1.807, 2.05) is 30.7 Å². The second kappa shape index (κ2) is 11.7. The third kappa shape index (κ3) is 6.71. The van der Waals surface area contributed by atoms with Gasteiger partial charge >= 0.3 is 0 Å². The van der Waals surface area contributed by atoms with Gasteiger partial charge in [0, 0.05) is 40.3 Å². The molecule has 1 aromatic carbocycles. The Morgan fingerprint density at radius 2 is 1.97 bits per heavy atom. The minimum Gasteiger partial charge on any atom is -0.383 e. The minimum atomic E-state index is -0.236. The first kappa shape index (κ1) is 23.1. The van der Waals surface area contributed by atoms with Gasteiger partial charge in [-0.25, -0.2) is 9.38 Å². The second-order valence-corrected chi connectivity index (χ2v) is 7.40. The lowest BCUT2D eigenvalue weighted by atomic mass is 10.0. The average molecular weight is 434 g/mol. The number of hydrogen-bond acceptors (Lipinski definition) is 6. The molecule has 1 aromatic heterocycles. The van der Waals surface area contributed by atoms with Gasteiger partial charge in [-0.2, -0.15) is 0 Å². The smallest absolute Gasteiger partial charge is 0.191 e. The zero-order valence-electron chi connectivity index (χ0n) is 18.5. The standard InChI is InChI=1S/C21H32FN7O2/c1-16-26-27-20(28(16)2)15-25-21(23-8-11-30-3)24-14-19(29-9-12-31-13-10-29)17-4-6-18(22)7-5-17/h4-7,19H,8-15H2,1-3H3,(H2,23,24,25). The first-order valence-corrected chi connectivity index (χ1v) is 10.5. The van der Waals surface area contributed by atoms with Crippen LogP contribution in [0.15, 0.2) is 29.3 Å². The Labute approximate surface area is 182 Å². The summed E-state index contributed by atoms with van der Waals surface area (Å²) < 4.78 is 26.1. The van der Waals surface area contributed by atoms with Crippen molar-refractivity contribution >= 4 is 5.96 Å². The monoisotopic (exact) mass is 433 g/mol. The molecule has 0 radical (unpaired) electrons. The lowest BCUT2D eigenvalue weighted by molar-refractivity contribution is 0.0170. The number of aromatic nitrogens is 3. The molecular weight excluding hydrogens is 401 g/mol. The average Bonchev–Trinajstić information content (AvgIpc) is 3.11. The lowest BCUT2D eigenvalue weighted by Gasteiger charge is -2.35. The molecule has 1 aliphatic rings. The summed E-state index contributed by atoms with van der Waals surface area (Å²) in [6, 6.07) is 6.76. The molecular formula is C21H32FN7O2. The number of halogens is 1.